The summed E-state index contributed by atoms with van der Waals surface area (Å²) in [4.78, 5) is 0. The van der Waals surface area contributed by atoms with E-state index in [-0.39, 0.29) is 5.75 Å². The molecule has 0 aliphatic rings. The maximum Gasteiger partial charge on any atom is 0.186 e. The Labute approximate surface area is 117 Å². The number of ether oxygens (including phenoxy) is 1. The van der Waals surface area contributed by atoms with Gasteiger partial charge in [-0.15, -0.1) is 0 Å². The van der Waals surface area contributed by atoms with E-state index < -0.39 is 0 Å². The number of hydrogen-bond acceptors (Lipinski definition) is 1. The number of para-hydroxylation sites is 3. The predicted molar refractivity (Wildman–Crippen MR) is 78.5 cm³/mol. The Morgan fingerprint density at radius 1 is 0.600 bits per heavy atom. The lowest BCUT2D eigenvalue weighted by Gasteiger charge is -2.11. The van der Waals surface area contributed by atoms with Crippen LogP contribution in [0.3, 0.4) is 0 Å². The van der Waals surface area contributed by atoms with Crippen molar-refractivity contribution in [3.8, 4) is 28.4 Å². The highest BCUT2D eigenvalue weighted by molar-refractivity contribution is 5.75. The van der Waals surface area contributed by atoms with Gasteiger partial charge in [0.2, 0.25) is 0 Å². The van der Waals surface area contributed by atoms with Crippen molar-refractivity contribution in [1.29, 1.82) is 0 Å². The van der Waals surface area contributed by atoms with Gasteiger partial charge in [-0.05, 0) is 24.3 Å². The molecular weight excluding hydrogens is 248 g/mol. The quantitative estimate of drug-likeness (QED) is 0.629. The van der Waals surface area contributed by atoms with Crippen molar-refractivity contribution >= 4 is 0 Å². The molecule has 0 unspecified atom stereocenters. The van der Waals surface area contributed by atoms with E-state index in [4.69, 9.17) is 4.74 Å². The van der Waals surface area contributed by atoms with Crippen LogP contribution in [0.15, 0.2) is 78.9 Å². The zero-order valence-corrected chi connectivity index (χ0v) is 10.8. The number of benzene rings is 3. The largest absolute Gasteiger partial charge is 0.457 e. The fourth-order valence-electron chi connectivity index (χ4n) is 2.08. The number of hydrogen-bond donors (Lipinski definition) is 0. The van der Waals surface area contributed by atoms with Gasteiger partial charge in [-0.1, -0.05) is 54.6 Å². The van der Waals surface area contributed by atoms with Crippen LogP contribution in [0.2, 0.25) is 0 Å². The Morgan fingerprint density at radius 3 is 1.95 bits per heavy atom. The van der Waals surface area contributed by atoms with Crippen molar-refractivity contribution in [2.45, 2.75) is 0 Å². The zero-order valence-electron chi connectivity index (χ0n) is 10.8. The molecule has 0 spiro atoms. The first-order valence-corrected chi connectivity index (χ1v) is 6.43. The van der Waals surface area contributed by atoms with Gasteiger partial charge in [0.15, 0.2) is 5.75 Å². The van der Waals surface area contributed by atoms with Crippen molar-refractivity contribution < 1.29 is 9.84 Å². The van der Waals surface area contributed by atoms with E-state index in [0.717, 1.165) is 11.3 Å². The lowest BCUT2D eigenvalue weighted by molar-refractivity contribution is 0.356. The second kappa shape index (κ2) is 5.49. The van der Waals surface area contributed by atoms with Gasteiger partial charge in [0.25, 0.3) is 0 Å². The van der Waals surface area contributed by atoms with Gasteiger partial charge >= 0.3 is 0 Å². The lowest BCUT2D eigenvalue weighted by atomic mass is 10.0. The molecule has 0 bridgehead atoms. The van der Waals surface area contributed by atoms with Crippen molar-refractivity contribution in [1.82, 2.24) is 0 Å². The molecule has 1 radical (unpaired) electrons. The minimum absolute atomic E-state index is 0.00314. The van der Waals surface area contributed by atoms with E-state index in [9.17, 15) is 5.11 Å². The van der Waals surface area contributed by atoms with E-state index in [1.807, 2.05) is 66.7 Å². The molecule has 3 aromatic carbocycles. The van der Waals surface area contributed by atoms with E-state index in [2.05, 4.69) is 0 Å². The van der Waals surface area contributed by atoms with E-state index in [1.165, 1.54) is 0 Å². The highest BCUT2D eigenvalue weighted by Gasteiger charge is 2.10. The van der Waals surface area contributed by atoms with E-state index in [1.54, 1.807) is 12.1 Å². The highest BCUT2D eigenvalue weighted by Crippen LogP contribution is 2.37. The van der Waals surface area contributed by atoms with Crippen molar-refractivity contribution in [3.05, 3.63) is 78.9 Å². The summed E-state index contributed by atoms with van der Waals surface area (Å²) >= 11 is 0. The molecule has 0 amide bonds. The summed E-state index contributed by atoms with van der Waals surface area (Å²) < 4.78 is 5.88. The molecule has 3 rings (SSSR count). The molecule has 0 aliphatic heterocycles. The summed E-state index contributed by atoms with van der Waals surface area (Å²) in [6, 6.07) is 24.1. The summed E-state index contributed by atoms with van der Waals surface area (Å²) in [5.41, 5.74) is 1.46. The maximum absolute atomic E-state index is 12.0. The smallest absolute Gasteiger partial charge is 0.186 e. The third-order valence-electron chi connectivity index (χ3n) is 3.04. The van der Waals surface area contributed by atoms with Crippen molar-refractivity contribution in [3.63, 3.8) is 0 Å². The molecule has 0 aromatic heterocycles. The molecule has 20 heavy (non-hydrogen) atoms. The van der Waals surface area contributed by atoms with E-state index >= 15 is 0 Å². The molecule has 2 heteroatoms. The fraction of sp³-hybridized carbons (Fsp3) is 0. The van der Waals surface area contributed by atoms with Crippen LogP contribution in [-0.2, 0) is 5.11 Å². The van der Waals surface area contributed by atoms with Gasteiger partial charge < -0.3 is 4.74 Å². The van der Waals surface area contributed by atoms with Crippen LogP contribution >= 0.6 is 0 Å². The highest BCUT2D eigenvalue weighted by atomic mass is 16.5. The second-order valence-corrected chi connectivity index (χ2v) is 4.41. The van der Waals surface area contributed by atoms with Gasteiger partial charge in [0.1, 0.15) is 11.5 Å². The Bertz CT molecular complexity index is 705. The van der Waals surface area contributed by atoms with Gasteiger partial charge in [0, 0.05) is 11.1 Å². The summed E-state index contributed by atoms with van der Waals surface area (Å²) in [6.07, 6.45) is 0. The lowest BCUT2D eigenvalue weighted by Crippen LogP contribution is -1.88. The normalized spacial score (nSPS) is 10.2. The van der Waals surface area contributed by atoms with Crippen molar-refractivity contribution in [2.75, 3.05) is 0 Å². The third kappa shape index (κ3) is 2.50. The van der Waals surface area contributed by atoms with E-state index in [0.29, 0.717) is 11.3 Å². The predicted octanol–water partition coefficient (Wildman–Crippen LogP) is 5.29. The molecule has 0 heterocycles. The first-order valence-electron chi connectivity index (χ1n) is 6.43. The van der Waals surface area contributed by atoms with Crippen LogP contribution in [0.5, 0.6) is 17.2 Å². The Balaban J connectivity index is 2.03. The van der Waals surface area contributed by atoms with Gasteiger partial charge in [0.05, 0.1) is 0 Å². The molecule has 2 nitrogen and oxygen atoms in total. The first kappa shape index (κ1) is 12.3. The van der Waals surface area contributed by atoms with Crippen molar-refractivity contribution in [2.24, 2.45) is 0 Å². The monoisotopic (exact) mass is 261 g/mol. The molecule has 0 aliphatic carbocycles. The van der Waals surface area contributed by atoms with Crippen LogP contribution in [0.25, 0.3) is 11.1 Å². The topological polar surface area (TPSA) is 29.1 Å². The minimum atomic E-state index is -0.00314. The SMILES string of the molecule is [O]c1ccccc1-c1ccccc1Oc1ccccc1. The molecule has 0 saturated carbocycles. The average Bonchev–Trinajstić information content (AvgIpc) is 2.50. The van der Waals surface area contributed by atoms with Gasteiger partial charge in [-0.25, -0.2) is 0 Å². The summed E-state index contributed by atoms with van der Waals surface area (Å²) in [5, 5.41) is 12.0. The Morgan fingerprint density at radius 2 is 1.20 bits per heavy atom. The summed E-state index contributed by atoms with van der Waals surface area (Å²) in [6.45, 7) is 0. The van der Waals surface area contributed by atoms with Crippen LogP contribution in [0.1, 0.15) is 0 Å². The van der Waals surface area contributed by atoms with Gasteiger partial charge in [-0.2, -0.15) is 0 Å². The van der Waals surface area contributed by atoms with Gasteiger partial charge in [-0.3, -0.25) is 5.11 Å². The summed E-state index contributed by atoms with van der Waals surface area (Å²) in [7, 11) is 0. The zero-order chi connectivity index (χ0) is 13.8. The Hall–Kier alpha value is -2.74. The van der Waals surface area contributed by atoms with Crippen LogP contribution in [-0.4, -0.2) is 0 Å². The minimum Gasteiger partial charge on any atom is -0.457 e. The first-order chi connectivity index (χ1) is 9.84. The third-order valence-corrected chi connectivity index (χ3v) is 3.04. The van der Waals surface area contributed by atoms with Crippen LogP contribution < -0.4 is 4.74 Å². The number of rotatable bonds is 3. The average molecular weight is 261 g/mol. The molecular formula is C18H13O2. The van der Waals surface area contributed by atoms with Crippen LogP contribution in [0, 0.1) is 0 Å². The molecule has 97 valence electrons. The fourth-order valence-corrected chi connectivity index (χ4v) is 2.08. The molecule has 0 saturated heterocycles. The van der Waals surface area contributed by atoms with Crippen LogP contribution in [0.4, 0.5) is 0 Å². The molecule has 0 atom stereocenters. The standard InChI is InChI=1S/C18H13O2/c19-17-12-6-4-10-15(17)16-11-5-7-13-18(16)20-14-8-2-1-3-9-14/h1-13H. The molecule has 0 N–H and O–H groups in total. The second-order valence-electron chi connectivity index (χ2n) is 4.41. The summed E-state index contributed by atoms with van der Waals surface area (Å²) in [5.74, 6) is 1.43. The molecule has 0 fully saturated rings. The molecule has 3 aromatic rings. The Kier molecular flexibility index (Phi) is 3.38. The maximum atomic E-state index is 12.0.